The average Bonchev–Trinajstić information content (AvgIpc) is 2.47. The molecular weight excluding hydrogens is 264 g/mol. The van der Waals surface area contributed by atoms with Gasteiger partial charge in [-0.05, 0) is 42.2 Å². The largest absolute Gasteiger partial charge is 0.489 e. The highest BCUT2D eigenvalue weighted by molar-refractivity contribution is 5.83. The number of rotatable bonds is 5. The van der Waals surface area contributed by atoms with Gasteiger partial charge in [0.05, 0.1) is 0 Å². The minimum Gasteiger partial charge on any atom is -0.489 e. The van der Waals surface area contributed by atoms with Crippen LogP contribution in [-0.4, -0.2) is 10.9 Å². The molecule has 0 radical (unpaired) electrons. The molecule has 21 heavy (non-hydrogen) atoms. The van der Waals surface area contributed by atoms with Crippen molar-refractivity contribution >= 4 is 5.84 Å². The van der Waals surface area contributed by atoms with Crippen LogP contribution in [0.5, 0.6) is 5.75 Å². The summed E-state index contributed by atoms with van der Waals surface area (Å²) in [5.74, 6) is 0.552. The highest BCUT2D eigenvalue weighted by atomic mass is 16.5. The Morgan fingerprint density at radius 2 is 1.95 bits per heavy atom. The molecule has 2 rings (SSSR count). The van der Waals surface area contributed by atoms with E-state index in [2.05, 4.69) is 0 Å². The number of hydrogen-bond donors (Lipinski definition) is 3. The summed E-state index contributed by atoms with van der Waals surface area (Å²) in [4.78, 5) is 0. The summed E-state index contributed by atoms with van der Waals surface area (Å²) in [5, 5.41) is 17.3. The fourth-order valence-electron chi connectivity index (χ4n) is 2.12. The Kier molecular flexibility index (Phi) is 4.60. The molecule has 0 aliphatic heterocycles. The van der Waals surface area contributed by atoms with Crippen molar-refractivity contribution in [3.63, 3.8) is 0 Å². The first-order valence-corrected chi connectivity index (χ1v) is 6.79. The number of hydrogen-bond acceptors (Lipinski definition) is 3. The smallest absolute Gasteiger partial charge is 0.136 e. The second-order valence-electron chi connectivity index (χ2n) is 5.11. The normalized spacial score (nSPS) is 12.0. The van der Waals surface area contributed by atoms with Gasteiger partial charge in [0.1, 0.15) is 24.3 Å². The summed E-state index contributed by atoms with van der Waals surface area (Å²) >= 11 is 0. The number of benzene rings is 2. The molecule has 0 aliphatic rings. The lowest BCUT2D eigenvalue weighted by atomic mass is 10.0. The quantitative estimate of drug-likeness (QED) is 0.583. The second kappa shape index (κ2) is 6.41. The lowest BCUT2D eigenvalue weighted by molar-refractivity contribution is 0.238. The predicted octanol–water partition coefficient (Wildman–Crippen LogP) is 2.85. The maximum absolute atomic E-state index is 9.97. The lowest BCUT2D eigenvalue weighted by Crippen LogP contribution is -2.21. The third-order valence-electron chi connectivity index (χ3n) is 3.37. The first-order chi connectivity index (χ1) is 9.99. The SMILES string of the molecule is Cc1ccc(C)c(OCc2ccccc2C(O)C(=N)N)c1. The zero-order valence-electron chi connectivity index (χ0n) is 12.3. The molecule has 0 spiro atoms. The number of amidine groups is 1. The van der Waals surface area contributed by atoms with Gasteiger partial charge in [0, 0.05) is 0 Å². The van der Waals surface area contributed by atoms with E-state index in [1.807, 2.05) is 50.2 Å². The van der Waals surface area contributed by atoms with Crippen LogP contribution >= 0.6 is 0 Å². The van der Waals surface area contributed by atoms with Gasteiger partial charge < -0.3 is 15.6 Å². The highest BCUT2D eigenvalue weighted by Gasteiger charge is 2.15. The molecule has 1 atom stereocenters. The van der Waals surface area contributed by atoms with E-state index in [1.165, 1.54) is 0 Å². The standard InChI is InChI=1S/C17H20N2O2/c1-11-7-8-12(2)15(9-11)21-10-13-5-3-4-6-14(13)16(20)17(18)19/h3-9,16,20H,10H2,1-2H3,(H3,18,19). The third kappa shape index (κ3) is 3.61. The number of nitrogens with one attached hydrogen (secondary N) is 1. The molecule has 0 saturated carbocycles. The van der Waals surface area contributed by atoms with Crippen molar-refractivity contribution in [2.75, 3.05) is 0 Å². The summed E-state index contributed by atoms with van der Waals surface area (Å²) in [6, 6.07) is 13.3. The molecule has 0 saturated heterocycles. The number of aliphatic hydroxyl groups is 1. The van der Waals surface area contributed by atoms with Crippen molar-refractivity contribution < 1.29 is 9.84 Å². The summed E-state index contributed by atoms with van der Waals surface area (Å²) in [7, 11) is 0. The van der Waals surface area contributed by atoms with Crippen molar-refractivity contribution in [1.82, 2.24) is 0 Å². The molecule has 4 nitrogen and oxygen atoms in total. The molecule has 0 amide bonds. The van der Waals surface area contributed by atoms with Crippen LogP contribution in [0.3, 0.4) is 0 Å². The van der Waals surface area contributed by atoms with Crippen LogP contribution in [0.2, 0.25) is 0 Å². The van der Waals surface area contributed by atoms with Crippen LogP contribution in [0.25, 0.3) is 0 Å². The van der Waals surface area contributed by atoms with Gasteiger partial charge in [-0.1, -0.05) is 36.4 Å². The minimum absolute atomic E-state index is 0.269. The van der Waals surface area contributed by atoms with Crippen molar-refractivity contribution in [3.05, 3.63) is 64.7 Å². The maximum atomic E-state index is 9.97. The van der Waals surface area contributed by atoms with Gasteiger partial charge in [0.15, 0.2) is 0 Å². The molecule has 1 unspecified atom stereocenters. The Balaban J connectivity index is 2.20. The summed E-state index contributed by atoms with van der Waals surface area (Å²) in [5.41, 5.74) is 9.00. The fraction of sp³-hybridized carbons (Fsp3) is 0.235. The topological polar surface area (TPSA) is 79.3 Å². The summed E-state index contributed by atoms with van der Waals surface area (Å²) < 4.78 is 5.85. The summed E-state index contributed by atoms with van der Waals surface area (Å²) in [6.07, 6.45) is -1.09. The van der Waals surface area contributed by atoms with Crippen LogP contribution in [0.15, 0.2) is 42.5 Å². The Bertz CT molecular complexity index is 653. The van der Waals surface area contributed by atoms with Crippen LogP contribution < -0.4 is 10.5 Å². The Morgan fingerprint density at radius 3 is 2.67 bits per heavy atom. The van der Waals surface area contributed by atoms with Gasteiger partial charge in [0.2, 0.25) is 0 Å². The molecule has 0 aromatic heterocycles. The molecule has 2 aromatic carbocycles. The number of ether oxygens (including phenoxy) is 1. The third-order valence-corrected chi connectivity index (χ3v) is 3.37. The maximum Gasteiger partial charge on any atom is 0.136 e. The molecule has 0 aliphatic carbocycles. The Labute approximate surface area is 124 Å². The van der Waals surface area contributed by atoms with Gasteiger partial charge in [-0.25, -0.2) is 0 Å². The fourth-order valence-corrected chi connectivity index (χ4v) is 2.12. The Morgan fingerprint density at radius 1 is 1.24 bits per heavy atom. The second-order valence-corrected chi connectivity index (χ2v) is 5.11. The predicted molar refractivity (Wildman–Crippen MR) is 83.6 cm³/mol. The first-order valence-electron chi connectivity index (χ1n) is 6.79. The van der Waals surface area contributed by atoms with Crippen LogP contribution in [0, 0.1) is 19.3 Å². The number of nitrogens with two attached hydrogens (primary N) is 1. The molecule has 2 aromatic rings. The molecule has 0 heterocycles. The lowest BCUT2D eigenvalue weighted by Gasteiger charge is -2.16. The Hall–Kier alpha value is -2.33. The molecule has 0 fully saturated rings. The number of aryl methyl sites for hydroxylation is 2. The van der Waals surface area contributed by atoms with E-state index in [-0.39, 0.29) is 5.84 Å². The molecule has 4 N–H and O–H groups in total. The van der Waals surface area contributed by atoms with Crippen LogP contribution in [-0.2, 0) is 6.61 Å². The average molecular weight is 284 g/mol. The van der Waals surface area contributed by atoms with E-state index in [0.717, 1.165) is 22.4 Å². The van der Waals surface area contributed by atoms with Crippen LogP contribution in [0.4, 0.5) is 0 Å². The van der Waals surface area contributed by atoms with Crippen molar-refractivity contribution in [1.29, 1.82) is 5.41 Å². The molecule has 4 heteroatoms. The summed E-state index contributed by atoms with van der Waals surface area (Å²) in [6.45, 7) is 4.33. The zero-order valence-corrected chi connectivity index (χ0v) is 12.3. The van der Waals surface area contributed by atoms with E-state index < -0.39 is 6.10 Å². The van der Waals surface area contributed by atoms with E-state index in [0.29, 0.717) is 12.2 Å². The van der Waals surface area contributed by atoms with E-state index in [9.17, 15) is 5.11 Å². The van der Waals surface area contributed by atoms with E-state index in [1.54, 1.807) is 6.07 Å². The van der Waals surface area contributed by atoms with Crippen molar-refractivity contribution in [3.8, 4) is 5.75 Å². The molecule has 110 valence electrons. The van der Waals surface area contributed by atoms with Gasteiger partial charge >= 0.3 is 0 Å². The monoisotopic (exact) mass is 284 g/mol. The number of aliphatic hydroxyl groups excluding tert-OH is 1. The molecular formula is C17H20N2O2. The van der Waals surface area contributed by atoms with Gasteiger partial charge in [-0.2, -0.15) is 0 Å². The van der Waals surface area contributed by atoms with Crippen molar-refractivity contribution in [2.24, 2.45) is 5.73 Å². The van der Waals surface area contributed by atoms with Crippen LogP contribution in [0.1, 0.15) is 28.4 Å². The zero-order chi connectivity index (χ0) is 15.4. The van der Waals surface area contributed by atoms with E-state index >= 15 is 0 Å². The molecule has 0 bridgehead atoms. The highest BCUT2D eigenvalue weighted by Crippen LogP contribution is 2.23. The van der Waals surface area contributed by atoms with Crippen molar-refractivity contribution in [2.45, 2.75) is 26.6 Å². The van der Waals surface area contributed by atoms with Gasteiger partial charge in [-0.15, -0.1) is 0 Å². The van der Waals surface area contributed by atoms with E-state index in [4.69, 9.17) is 15.9 Å². The van der Waals surface area contributed by atoms with Gasteiger partial charge in [-0.3, -0.25) is 5.41 Å². The minimum atomic E-state index is -1.09. The first kappa shape index (κ1) is 15.1. The van der Waals surface area contributed by atoms with Gasteiger partial charge in [0.25, 0.3) is 0 Å².